The zero-order chi connectivity index (χ0) is 47.2. The van der Waals surface area contributed by atoms with Crippen molar-refractivity contribution in [1.82, 2.24) is 0 Å². The molecule has 0 aliphatic carbocycles. The summed E-state index contributed by atoms with van der Waals surface area (Å²) in [5.41, 5.74) is 0. The summed E-state index contributed by atoms with van der Waals surface area (Å²) in [4.78, 5) is 38.0. The number of rotatable bonds is 48. The molecule has 0 aromatic carbocycles. The van der Waals surface area contributed by atoms with Crippen molar-refractivity contribution in [2.45, 2.75) is 258 Å². The van der Waals surface area contributed by atoms with E-state index >= 15 is 0 Å². The van der Waals surface area contributed by atoms with Gasteiger partial charge in [0.15, 0.2) is 6.10 Å². The lowest BCUT2D eigenvalue weighted by Crippen LogP contribution is -2.30. The maximum Gasteiger partial charge on any atom is 0.306 e. The summed E-state index contributed by atoms with van der Waals surface area (Å²) in [5, 5.41) is 0. The summed E-state index contributed by atoms with van der Waals surface area (Å²) in [6.07, 6.45) is 68.6. The zero-order valence-electron chi connectivity index (χ0n) is 42.5. The number of hydrogen-bond acceptors (Lipinski definition) is 6. The minimum absolute atomic E-state index is 0.104. The first kappa shape index (κ1) is 61.6. The third-order valence-electron chi connectivity index (χ3n) is 11.4. The van der Waals surface area contributed by atoms with Gasteiger partial charge in [0.25, 0.3) is 0 Å². The maximum atomic E-state index is 12.8. The molecular formula is C59H100O6. The molecule has 0 aromatic rings. The van der Waals surface area contributed by atoms with Crippen molar-refractivity contribution in [1.29, 1.82) is 0 Å². The molecule has 0 fully saturated rings. The van der Waals surface area contributed by atoms with Crippen molar-refractivity contribution in [3.63, 3.8) is 0 Å². The van der Waals surface area contributed by atoms with E-state index in [1.807, 2.05) is 0 Å². The second-order valence-corrected chi connectivity index (χ2v) is 17.7. The van der Waals surface area contributed by atoms with Gasteiger partial charge < -0.3 is 14.2 Å². The minimum Gasteiger partial charge on any atom is -0.462 e. The number of carbonyl (C=O) groups is 3. The quantitative estimate of drug-likeness (QED) is 0.0262. The summed E-state index contributed by atoms with van der Waals surface area (Å²) in [5.74, 6) is -0.974. The van der Waals surface area contributed by atoms with Crippen LogP contribution in [0.3, 0.4) is 0 Å². The Morgan fingerprint density at radius 3 is 1.02 bits per heavy atom. The number of carbonyl (C=O) groups excluding carboxylic acids is 3. The first-order valence-corrected chi connectivity index (χ1v) is 27.1. The van der Waals surface area contributed by atoms with Gasteiger partial charge in [0.05, 0.1) is 0 Å². The molecule has 0 unspecified atom stereocenters. The molecule has 0 aromatic heterocycles. The van der Waals surface area contributed by atoms with Crippen LogP contribution in [0.5, 0.6) is 0 Å². The maximum absolute atomic E-state index is 12.8. The Morgan fingerprint density at radius 2 is 0.615 bits per heavy atom. The highest BCUT2D eigenvalue weighted by molar-refractivity contribution is 5.71. The molecule has 0 radical (unpaired) electrons. The van der Waals surface area contributed by atoms with Crippen molar-refractivity contribution in [3.05, 3.63) is 85.1 Å². The molecule has 0 spiro atoms. The van der Waals surface area contributed by atoms with Crippen LogP contribution < -0.4 is 0 Å². The third kappa shape index (κ3) is 51.4. The lowest BCUT2D eigenvalue weighted by Gasteiger charge is -2.18. The van der Waals surface area contributed by atoms with Gasteiger partial charge >= 0.3 is 17.9 Å². The summed E-state index contributed by atoms with van der Waals surface area (Å²) in [6, 6.07) is 0. The topological polar surface area (TPSA) is 78.9 Å². The van der Waals surface area contributed by atoms with E-state index in [1.54, 1.807) is 0 Å². The predicted molar refractivity (Wildman–Crippen MR) is 279 cm³/mol. The van der Waals surface area contributed by atoms with Crippen LogP contribution in [0, 0.1) is 0 Å². The van der Waals surface area contributed by atoms with Crippen molar-refractivity contribution in [3.8, 4) is 0 Å². The molecule has 0 bridgehead atoms. The highest BCUT2D eigenvalue weighted by Gasteiger charge is 2.19. The van der Waals surface area contributed by atoms with E-state index in [-0.39, 0.29) is 37.5 Å². The first-order chi connectivity index (χ1) is 32.0. The molecule has 0 saturated heterocycles. The average molecular weight is 905 g/mol. The van der Waals surface area contributed by atoms with Gasteiger partial charge in [0, 0.05) is 19.3 Å². The zero-order valence-corrected chi connectivity index (χ0v) is 42.5. The van der Waals surface area contributed by atoms with Gasteiger partial charge in [0.1, 0.15) is 13.2 Å². The van der Waals surface area contributed by atoms with E-state index in [0.717, 1.165) is 89.9 Å². The van der Waals surface area contributed by atoms with Crippen LogP contribution in [-0.4, -0.2) is 37.2 Å². The largest absolute Gasteiger partial charge is 0.462 e. The van der Waals surface area contributed by atoms with Crippen molar-refractivity contribution in [2.75, 3.05) is 13.2 Å². The van der Waals surface area contributed by atoms with Gasteiger partial charge in [-0.1, -0.05) is 209 Å². The molecule has 0 N–H and O–H groups in total. The van der Waals surface area contributed by atoms with E-state index in [1.165, 1.54) is 116 Å². The van der Waals surface area contributed by atoms with E-state index in [4.69, 9.17) is 14.2 Å². The van der Waals surface area contributed by atoms with Crippen molar-refractivity contribution in [2.24, 2.45) is 0 Å². The second kappa shape index (κ2) is 53.2. The van der Waals surface area contributed by atoms with Crippen LogP contribution in [-0.2, 0) is 28.6 Å². The lowest BCUT2D eigenvalue weighted by atomic mass is 10.1. The predicted octanol–water partition coefficient (Wildman–Crippen LogP) is 18.0. The van der Waals surface area contributed by atoms with Crippen LogP contribution in [0.4, 0.5) is 0 Å². The molecule has 0 heterocycles. The molecule has 0 amide bonds. The van der Waals surface area contributed by atoms with Gasteiger partial charge in [-0.25, -0.2) is 0 Å². The molecule has 372 valence electrons. The van der Waals surface area contributed by atoms with Gasteiger partial charge in [-0.15, -0.1) is 0 Å². The second-order valence-electron chi connectivity index (χ2n) is 17.7. The van der Waals surface area contributed by atoms with E-state index in [9.17, 15) is 14.4 Å². The molecule has 6 heteroatoms. The fourth-order valence-corrected chi connectivity index (χ4v) is 7.29. The summed E-state index contributed by atoms with van der Waals surface area (Å²) < 4.78 is 16.8. The normalized spacial score (nSPS) is 12.7. The molecule has 0 aliphatic heterocycles. The SMILES string of the molecule is CC/C=C\C/C=C\C/C=C\C/C=C\C/C=C\CCCC(=O)O[C@@H](COC(=O)CCCCCCC/C=C\CCCCCC)COC(=O)CCCCCCCCC/C=C\CCCCCCCC. The third-order valence-corrected chi connectivity index (χ3v) is 11.4. The van der Waals surface area contributed by atoms with E-state index in [0.29, 0.717) is 19.3 Å². The minimum atomic E-state index is -0.811. The smallest absolute Gasteiger partial charge is 0.306 e. The number of esters is 3. The molecule has 65 heavy (non-hydrogen) atoms. The van der Waals surface area contributed by atoms with Gasteiger partial charge in [0.2, 0.25) is 0 Å². The Bertz CT molecular complexity index is 1270. The number of hydrogen-bond donors (Lipinski definition) is 0. The van der Waals surface area contributed by atoms with Crippen LogP contribution in [0.2, 0.25) is 0 Å². The molecular weight excluding hydrogens is 805 g/mol. The van der Waals surface area contributed by atoms with Crippen LogP contribution in [0.15, 0.2) is 85.1 Å². The number of unbranched alkanes of at least 4 members (excludes halogenated alkanes) is 23. The summed E-state index contributed by atoms with van der Waals surface area (Å²) >= 11 is 0. The Morgan fingerprint density at radius 1 is 0.323 bits per heavy atom. The highest BCUT2D eigenvalue weighted by atomic mass is 16.6. The summed E-state index contributed by atoms with van der Waals surface area (Å²) in [7, 11) is 0. The van der Waals surface area contributed by atoms with Crippen molar-refractivity contribution >= 4 is 17.9 Å². The van der Waals surface area contributed by atoms with Gasteiger partial charge in [-0.2, -0.15) is 0 Å². The van der Waals surface area contributed by atoms with E-state index in [2.05, 4.69) is 106 Å². The summed E-state index contributed by atoms with van der Waals surface area (Å²) in [6.45, 7) is 6.45. The standard InChI is InChI=1S/C59H100O6/c1-4-7-10-13-16-19-22-25-27-29-31-34-37-40-43-46-49-52-58(61)64-55-56(54-63-57(60)51-48-45-42-39-36-33-24-21-18-15-12-9-6-3)65-59(62)53-50-47-44-41-38-35-32-30-28-26-23-20-17-14-11-8-5-2/h8,11,17,20-21,24-28,32,35,41,44,56H,4-7,9-10,12-16,18-19,22-23,29-31,33-34,36-40,42-43,45-55H2,1-3H3/b11-8-,20-17-,24-21-,27-25-,28-26-,35-32-,44-41-/t56-/m0/s1. The Kier molecular flexibility index (Phi) is 50.4. The van der Waals surface area contributed by atoms with Crippen LogP contribution in [0.25, 0.3) is 0 Å². The number of allylic oxidation sites excluding steroid dienone is 14. The molecule has 0 saturated carbocycles. The van der Waals surface area contributed by atoms with Crippen LogP contribution in [0.1, 0.15) is 252 Å². The molecule has 6 nitrogen and oxygen atoms in total. The van der Waals surface area contributed by atoms with E-state index < -0.39 is 6.10 Å². The number of ether oxygens (including phenoxy) is 3. The monoisotopic (exact) mass is 905 g/mol. The highest BCUT2D eigenvalue weighted by Crippen LogP contribution is 2.14. The molecule has 0 aliphatic rings. The Labute approximate surface area is 401 Å². The Hall–Kier alpha value is -3.41. The molecule has 0 rings (SSSR count). The first-order valence-electron chi connectivity index (χ1n) is 27.1. The van der Waals surface area contributed by atoms with Crippen LogP contribution >= 0.6 is 0 Å². The lowest BCUT2D eigenvalue weighted by molar-refractivity contribution is -0.167. The fraction of sp³-hybridized carbons (Fsp3) is 0.712. The van der Waals surface area contributed by atoms with Gasteiger partial charge in [-0.05, 0) is 109 Å². The molecule has 1 atom stereocenters. The van der Waals surface area contributed by atoms with Gasteiger partial charge in [-0.3, -0.25) is 14.4 Å². The Balaban J connectivity index is 4.48. The van der Waals surface area contributed by atoms with Crippen molar-refractivity contribution < 1.29 is 28.6 Å². The average Bonchev–Trinajstić information content (AvgIpc) is 3.30. The fourth-order valence-electron chi connectivity index (χ4n) is 7.29.